The van der Waals surface area contributed by atoms with E-state index in [2.05, 4.69) is 15.5 Å². The van der Waals surface area contributed by atoms with Crippen LogP contribution in [0.2, 0.25) is 5.02 Å². The second-order valence-corrected chi connectivity index (χ2v) is 8.46. The van der Waals surface area contributed by atoms with Crippen LogP contribution in [0.1, 0.15) is 6.92 Å². The maximum atomic E-state index is 12.6. The molecule has 1 amide bonds. The first-order valence-electron chi connectivity index (χ1n) is 10.6. The highest BCUT2D eigenvalue weighted by Crippen LogP contribution is 2.32. The molecule has 1 heterocycles. The number of amides is 1. The standard InChI is InChI=1S/C25H23ClN4O3S/c1-3-33-20-14-10-18(11-15-20)30-24(21-6-4-5-7-22(21)26)28-29-25(30)34-16-23(31)27-17-8-12-19(32-2)13-9-17/h4-15H,3,16H2,1-2H3,(H,27,31). The van der Waals surface area contributed by atoms with Gasteiger partial charge in [0, 0.05) is 16.9 Å². The lowest BCUT2D eigenvalue weighted by Crippen LogP contribution is -2.14. The number of halogens is 1. The van der Waals surface area contributed by atoms with Crippen LogP contribution >= 0.6 is 23.4 Å². The highest BCUT2D eigenvalue weighted by Gasteiger charge is 2.19. The summed E-state index contributed by atoms with van der Waals surface area (Å²) in [4.78, 5) is 12.6. The number of anilines is 1. The number of carbonyl (C=O) groups excluding carboxylic acids is 1. The molecule has 0 unspecified atom stereocenters. The van der Waals surface area contributed by atoms with Crippen molar-refractivity contribution in [3.8, 4) is 28.6 Å². The first-order chi connectivity index (χ1) is 16.6. The van der Waals surface area contributed by atoms with E-state index in [1.54, 1.807) is 31.4 Å². The van der Waals surface area contributed by atoms with E-state index in [1.165, 1.54) is 11.8 Å². The van der Waals surface area contributed by atoms with E-state index in [9.17, 15) is 4.79 Å². The molecule has 7 nitrogen and oxygen atoms in total. The van der Waals surface area contributed by atoms with Gasteiger partial charge in [-0.05, 0) is 67.6 Å². The first kappa shape index (κ1) is 23.7. The summed E-state index contributed by atoms with van der Waals surface area (Å²) in [5.74, 6) is 2.09. The Labute approximate surface area is 207 Å². The molecule has 4 aromatic rings. The molecule has 4 rings (SSSR count). The molecule has 0 aliphatic heterocycles. The Morgan fingerprint density at radius 1 is 1.00 bits per heavy atom. The molecule has 0 spiro atoms. The lowest BCUT2D eigenvalue weighted by atomic mass is 10.2. The second-order valence-electron chi connectivity index (χ2n) is 7.11. The van der Waals surface area contributed by atoms with Gasteiger partial charge in [-0.2, -0.15) is 0 Å². The molecule has 3 aromatic carbocycles. The van der Waals surface area contributed by atoms with Crippen LogP contribution in [0.5, 0.6) is 11.5 Å². The third-order valence-electron chi connectivity index (χ3n) is 4.86. The molecule has 0 aliphatic rings. The molecule has 9 heteroatoms. The Morgan fingerprint density at radius 3 is 2.38 bits per heavy atom. The number of rotatable bonds is 9. The normalized spacial score (nSPS) is 10.7. The summed E-state index contributed by atoms with van der Waals surface area (Å²) in [6.07, 6.45) is 0. The number of ether oxygens (including phenoxy) is 2. The molecule has 0 saturated heterocycles. The van der Waals surface area contributed by atoms with Crippen molar-refractivity contribution in [3.63, 3.8) is 0 Å². The molecular formula is C25H23ClN4O3S. The van der Waals surface area contributed by atoms with Crippen LogP contribution in [-0.2, 0) is 4.79 Å². The average Bonchev–Trinajstić information content (AvgIpc) is 3.28. The molecule has 0 radical (unpaired) electrons. The smallest absolute Gasteiger partial charge is 0.234 e. The molecule has 0 fully saturated rings. The zero-order chi connectivity index (χ0) is 23.9. The predicted octanol–water partition coefficient (Wildman–Crippen LogP) is 5.73. The summed E-state index contributed by atoms with van der Waals surface area (Å²) < 4.78 is 12.6. The van der Waals surface area contributed by atoms with E-state index in [0.717, 1.165) is 22.7 Å². The summed E-state index contributed by atoms with van der Waals surface area (Å²) in [6, 6.07) is 22.3. The Hall–Kier alpha value is -3.49. The predicted molar refractivity (Wildman–Crippen MR) is 135 cm³/mol. The van der Waals surface area contributed by atoms with Gasteiger partial charge in [0.25, 0.3) is 0 Å². The van der Waals surface area contributed by atoms with E-state index >= 15 is 0 Å². The summed E-state index contributed by atoms with van der Waals surface area (Å²) in [6.45, 7) is 2.52. The van der Waals surface area contributed by atoms with Crippen molar-refractivity contribution < 1.29 is 14.3 Å². The number of hydrogen-bond acceptors (Lipinski definition) is 6. The van der Waals surface area contributed by atoms with E-state index in [-0.39, 0.29) is 11.7 Å². The van der Waals surface area contributed by atoms with Gasteiger partial charge < -0.3 is 14.8 Å². The van der Waals surface area contributed by atoms with Gasteiger partial charge in [-0.1, -0.05) is 35.5 Å². The molecule has 1 aromatic heterocycles. The zero-order valence-electron chi connectivity index (χ0n) is 18.7. The quantitative estimate of drug-likeness (QED) is 0.299. The fourth-order valence-corrected chi connectivity index (χ4v) is 4.24. The van der Waals surface area contributed by atoms with Crippen LogP contribution in [0, 0.1) is 0 Å². The van der Waals surface area contributed by atoms with Gasteiger partial charge >= 0.3 is 0 Å². The minimum atomic E-state index is -0.157. The van der Waals surface area contributed by atoms with Gasteiger partial charge in [0.05, 0.1) is 24.5 Å². The van der Waals surface area contributed by atoms with Crippen molar-refractivity contribution in [3.05, 3.63) is 77.8 Å². The van der Waals surface area contributed by atoms with Crippen LogP contribution in [0.3, 0.4) is 0 Å². The lowest BCUT2D eigenvalue weighted by molar-refractivity contribution is -0.113. The first-order valence-corrected chi connectivity index (χ1v) is 12.0. The monoisotopic (exact) mass is 494 g/mol. The summed E-state index contributed by atoms with van der Waals surface area (Å²) in [5, 5.41) is 12.8. The van der Waals surface area contributed by atoms with Gasteiger partial charge in [0.15, 0.2) is 11.0 Å². The Kier molecular flexibility index (Phi) is 7.72. The maximum Gasteiger partial charge on any atom is 0.234 e. The molecule has 174 valence electrons. The fraction of sp³-hybridized carbons (Fsp3) is 0.160. The number of nitrogens with one attached hydrogen (secondary N) is 1. The van der Waals surface area contributed by atoms with Crippen molar-refractivity contribution in [2.75, 3.05) is 24.8 Å². The molecule has 0 atom stereocenters. The van der Waals surface area contributed by atoms with Crippen molar-refractivity contribution in [2.45, 2.75) is 12.1 Å². The van der Waals surface area contributed by atoms with E-state index in [0.29, 0.717) is 28.3 Å². The number of aromatic nitrogens is 3. The topological polar surface area (TPSA) is 78.3 Å². The largest absolute Gasteiger partial charge is 0.497 e. The maximum absolute atomic E-state index is 12.6. The Bertz CT molecular complexity index is 1260. The number of carbonyl (C=O) groups is 1. The van der Waals surface area contributed by atoms with E-state index in [4.69, 9.17) is 21.1 Å². The highest BCUT2D eigenvalue weighted by molar-refractivity contribution is 7.99. The van der Waals surface area contributed by atoms with Crippen LogP contribution in [0.4, 0.5) is 5.69 Å². The molecule has 0 aliphatic carbocycles. The van der Waals surface area contributed by atoms with Crippen molar-refractivity contribution >= 4 is 35.0 Å². The Morgan fingerprint density at radius 2 is 1.71 bits per heavy atom. The van der Waals surface area contributed by atoms with Crippen LogP contribution in [0.25, 0.3) is 17.1 Å². The average molecular weight is 495 g/mol. The number of benzene rings is 3. The Balaban J connectivity index is 1.59. The zero-order valence-corrected chi connectivity index (χ0v) is 20.3. The highest BCUT2D eigenvalue weighted by atomic mass is 35.5. The van der Waals surface area contributed by atoms with Crippen molar-refractivity contribution in [1.82, 2.24) is 14.8 Å². The molecular weight excluding hydrogens is 472 g/mol. The molecule has 34 heavy (non-hydrogen) atoms. The second kappa shape index (κ2) is 11.1. The van der Waals surface area contributed by atoms with Crippen LogP contribution in [-0.4, -0.2) is 40.1 Å². The third kappa shape index (κ3) is 5.52. The van der Waals surface area contributed by atoms with Gasteiger partial charge in [0.2, 0.25) is 5.91 Å². The van der Waals surface area contributed by atoms with Crippen molar-refractivity contribution in [2.24, 2.45) is 0 Å². The number of nitrogens with zero attached hydrogens (tertiary/aromatic N) is 3. The van der Waals surface area contributed by atoms with Gasteiger partial charge in [-0.25, -0.2) is 0 Å². The molecule has 0 saturated carbocycles. The fourth-order valence-electron chi connectivity index (χ4n) is 3.27. The third-order valence-corrected chi connectivity index (χ3v) is 6.12. The molecule has 1 N–H and O–H groups in total. The summed E-state index contributed by atoms with van der Waals surface area (Å²) >= 11 is 7.74. The van der Waals surface area contributed by atoms with E-state index < -0.39 is 0 Å². The summed E-state index contributed by atoms with van der Waals surface area (Å²) in [5.41, 5.74) is 2.28. The minimum absolute atomic E-state index is 0.156. The SMILES string of the molecule is CCOc1ccc(-n2c(SCC(=O)Nc3ccc(OC)cc3)nnc2-c2ccccc2Cl)cc1. The number of hydrogen-bond donors (Lipinski definition) is 1. The van der Waals surface area contributed by atoms with Gasteiger partial charge in [0.1, 0.15) is 11.5 Å². The number of thioether (sulfide) groups is 1. The minimum Gasteiger partial charge on any atom is -0.497 e. The summed E-state index contributed by atoms with van der Waals surface area (Å²) in [7, 11) is 1.60. The van der Waals surface area contributed by atoms with Crippen LogP contribution < -0.4 is 14.8 Å². The van der Waals surface area contributed by atoms with Gasteiger partial charge in [-0.15, -0.1) is 10.2 Å². The molecule has 0 bridgehead atoms. The van der Waals surface area contributed by atoms with E-state index in [1.807, 2.05) is 60.0 Å². The van der Waals surface area contributed by atoms with Crippen LogP contribution in [0.15, 0.2) is 78.0 Å². The number of methoxy groups -OCH3 is 1. The lowest BCUT2D eigenvalue weighted by Gasteiger charge is -2.12. The van der Waals surface area contributed by atoms with Crippen molar-refractivity contribution in [1.29, 1.82) is 0 Å². The van der Waals surface area contributed by atoms with Gasteiger partial charge in [-0.3, -0.25) is 9.36 Å².